The molecular weight excluding hydrogens is 306 g/mol. The second-order valence-corrected chi connectivity index (χ2v) is 7.80. The predicted molar refractivity (Wildman–Crippen MR) is 91.4 cm³/mol. The summed E-state index contributed by atoms with van der Waals surface area (Å²) in [6, 6.07) is 0. The minimum absolute atomic E-state index is 0.0167. The average molecular weight is 337 g/mol. The highest BCUT2D eigenvalue weighted by molar-refractivity contribution is 5.78. The van der Waals surface area contributed by atoms with Gasteiger partial charge in [-0.15, -0.1) is 0 Å². The quantitative estimate of drug-likeness (QED) is 0.805. The van der Waals surface area contributed by atoms with Crippen molar-refractivity contribution in [3.8, 4) is 0 Å². The Morgan fingerprint density at radius 1 is 0.958 bits per heavy atom. The van der Waals surface area contributed by atoms with Gasteiger partial charge in [-0.3, -0.25) is 14.5 Å². The predicted octanol–water partition coefficient (Wildman–Crippen LogP) is 0.694. The van der Waals surface area contributed by atoms with Crippen LogP contribution < -0.4 is 0 Å². The van der Waals surface area contributed by atoms with E-state index in [4.69, 9.17) is 0 Å². The van der Waals surface area contributed by atoms with Crippen molar-refractivity contribution in [1.82, 2.24) is 14.7 Å². The summed E-state index contributed by atoms with van der Waals surface area (Å²) < 4.78 is 0. The number of aliphatic hydroxyl groups is 1. The molecule has 1 N–H and O–H groups in total. The molecular formula is C18H31N3O3. The number of hydrogen-bond acceptors (Lipinski definition) is 4. The summed E-state index contributed by atoms with van der Waals surface area (Å²) in [7, 11) is 0. The molecule has 0 aromatic rings. The topological polar surface area (TPSA) is 64.1 Å². The van der Waals surface area contributed by atoms with Crippen LogP contribution in [0.1, 0.15) is 45.4 Å². The van der Waals surface area contributed by atoms with Crippen LogP contribution >= 0.6 is 0 Å². The van der Waals surface area contributed by atoms with Crippen molar-refractivity contribution in [1.29, 1.82) is 0 Å². The van der Waals surface area contributed by atoms with Crippen LogP contribution in [0.3, 0.4) is 0 Å². The molecule has 0 aromatic heterocycles. The maximum absolute atomic E-state index is 12.7. The molecule has 24 heavy (non-hydrogen) atoms. The lowest BCUT2D eigenvalue weighted by atomic mass is 9.75. The Bertz CT molecular complexity index is 476. The standard InChI is InChI=1S/C18H31N3O3/c1-15(22)20-10-6-18(24)7-11-21(13-16(18)12-20)17(23)14-19-8-4-2-3-5-9-19/h16,24H,2-14H2,1H3/t16-,18+/m1/s1. The van der Waals surface area contributed by atoms with Crippen LogP contribution in [0, 0.1) is 5.92 Å². The number of rotatable bonds is 2. The number of carbonyl (C=O) groups excluding carboxylic acids is 2. The van der Waals surface area contributed by atoms with Gasteiger partial charge >= 0.3 is 0 Å². The molecule has 6 heteroatoms. The number of carbonyl (C=O) groups is 2. The molecule has 0 bridgehead atoms. The van der Waals surface area contributed by atoms with Gasteiger partial charge in [0.2, 0.25) is 11.8 Å². The summed E-state index contributed by atoms with van der Waals surface area (Å²) in [5.41, 5.74) is -0.703. The molecule has 0 unspecified atom stereocenters. The Morgan fingerprint density at radius 3 is 2.17 bits per heavy atom. The van der Waals surface area contributed by atoms with Gasteiger partial charge < -0.3 is 14.9 Å². The van der Waals surface area contributed by atoms with E-state index in [2.05, 4.69) is 4.90 Å². The van der Waals surface area contributed by atoms with Crippen LogP contribution in [0.25, 0.3) is 0 Å². The molecule has 6 nitrogen and oxygen atoms in total. The normalized spacial score (nSPS) is 32.2. The summed E-state index contributed by atoms with van der Waals surface area (Å²) in [5, 5.41) is 10.9. The molecule has 3 aliphatic heterocycles. The Kier molecular flexibility index (Phi) is 5.45. The van der Waals surface area contributed by atoms with Crippen LogP contribution in [0.5, 0.6) is 0 Å². The first-order chi connectivity index (χ1) is 11.5. The smallest absolute Gasteiger partial charge is 0.236 e. The van der Waals surface area contributed by atoms with Crippen molar-refractivity contribution in [3.05, 3.63) is 0 Å². The maximum Gasteiger partial charge on any atom is 0.236 e. The number of amides is 2. The fourth-order valence-electron chi connectivity index (χ4n) is 4.40. The summed E-state index contributed by atoms with van der Waals surface area (Å²) in [6.07, 6.45) is 6.17. The highest BCUT2D eigenvalue weighted by Gasteiger charge is 2.46. The van der Waals surface area contributed by atoms with E-state index in [1.807, 2.05) is 9.80 Å². The first-order valence-electron chi connectivity index (χ1n) is 9.46. The van der Waals surface area contributed by atoms with Crippen LogP contribution in [0.15, 0.2) is 0 Å². The third-order valence-electron chi connectivity index (χ3n) is 6.13. The van der Waals surface area contributed by atoms with Crippen molar-refractivity contribution in [3.63, 3.8) is 0 Å². The van der Waals surface area contributed by atoms with Gasteiger partial charge in [0.1, 0.15) is 0 Å². The monoisotopic (exact) mass is 337 g/mol. The summed E-state index contributed by atoms with van der Waals surface area (Å²) in [5.74, 6) is 0.223. The Morgan fingerprint density at radius 2 is 1.54 bits per heavy atom. The van der Waals surface area contributed by atoms with Gasteiger partial charge in [-0.05, 0) is 38.8 Å². The van der Waals surface area contributed by atoms with E-state index < -0.39 is 5.60 Å². The van der Waals surface area contributed by atoms with Crippen molar-refractivity contribution in [2.24, 2.45) is 5.92 Å². The Hall–Kier alpha value is -1.14. The molecule has 3 heterocycles. The third kappa shape index (κ3) is 3.91. The van der Waals surface area contributed by atoms with Gasteiger partial charge in [0.05, 0.1) is 12.1 Å². The van der Waals surface area contributed by atoms with Gasteiger partial charge in [0, 0.05) is 39.0 Å². The Balaban J connectivity index is 1.57. The van der Waals surface area contributed by atoms with Crippen molar-refractivity contribution in [2.75, 3.05) is 45.8 Å². The molecule has 0 radical (unpaired) electrons. The molecule has 3 aliphatic rings. The maximum atomic E-state index is 12.7. The van der Waals surface area contributed by atoms with Crippen LogP contribution in [0.4, 0.5) is 0 Å². The first kappa shape index (κ1) is 17.7. The minimum Gasteiger partial charge on any atom is -0.389 e. The molecule has 0 aliphatic carbocycles. The van der Waals surface area contributed by atoms with Gasteiger partial charge in [-0.25, -0.2) is 0 Å². The molecule has 0 saturated carbocycles. The van der Waals surface area contributed by atoms with Crippen LogP contribution in [-0.2, 0) is 9.59 Å². The average Bonchev–Trinajstić information content (AvgIpc) is 2.82. The second-order valence-electron chi connectivity index (χ2n) is 7.80. The van der Waals surface area contributed by atoms with E-state index in [1.165, 1.54) is 25.7 Å². The van der Waals surface area contributed by atoms with Crippen LogP contribution in [-0.4, -0.2) is 83.0 Å². The van der Waals surface area contributed by atoms with E-state index >= 15 is 0 Å². The number of hydrogen-bond donors (Lipinski definition) is 1. The first-order valence-corrected chi connectivity index (χ1v) is 9.46. The second kappa shape index (κ2) is 7.40. The Labute approximate surface area is 144 Å². The zero-order valence-corrected chi connectivity index (χ0v) is 14.9. The van der Waals surface area contributed by atoms with E-state index in [9.17, 15) is 14.7 Å². The van der Waals surface area contributed by atoms with Gasteiger partial charge in [-0.2, -0.15) is 0 Å². The minimum atomic E-state index is -0.703. The molecule has 2 atom stereocenters. The number of nitrogens with zero attached hydrogens (tertiary/aromatic N) is 3. The zero-order valence-electron chi connectivity index (χ0n) is 14.9. The summed E-state index contributed by atoms with van der Waals surface area (Å²) in [6.45, 7) is 6.53. The van der Waals surface area contributed by atoms with E-state index in [-0.39, 0.29) is 17.7 Å². The molecule has 0 spiro atoms. The largest absolute Gasteiger partial charge is 0.389 e. The van der Waals surface area contributed by atoms with Gasteiger partial charge in [-0.1, -0.05) is 12.8 Å². The molecule has 0 aromatic carbocycles. The molecule has 3 rings (SSSR count). The van der Waals surface area contributed by atoms with Gasteiger partial charge in [0.15, 0.2) is 0 Å². The zero-order chi connectivity index (χ0) is 17.2. The summed E-state index contributed by atoms with van der Waals surface area (Å²) in [4.78, 5) is 30.3. The lowest BCUT2D eigenvalue weighted by Gasteiger charge is -2.50. The van der Waals surface area contributed by atoms with Crippen LogP contribution in [0.2, 0.25) is 0 Å². The highest BCUT2D eigenvalue weighted by atomic mass is 16.3. The number of likely N-dealkylation sites (tertiary alicyclic amines) is 3. The SMILES string of the molecule is CC(=O)N1CC[C@]2(O)CCN(C(=O)CN3CCCCCC3)C[C@H]2C1. The lowest BCUT2D eigenvalue weighted by Crippen LogP contribution is -2.61. The third-order valence-corrected chi connectivity index (χ3v) is 6.13. The highest BCUT2D eigenvalue weighted by Crippen LogP contribution is 2.35. The molecule has 2 amide bonds. The van der Waals surface area contributed by atoms with E-state index in [0.29, 0.717) is 45.6 Å². The number of fused-ring (bicyclic) bond motifs is 1. The number of piperidine rings is 2. The lowest BCUT2D eigenvalue weighted by molar-refractivity contribution is -0.153. The van der Waals surface area contributed by atoms with Crippen molar-refractivity contribution >= 4 is 11.8 Å². The van der Waals surface area contributed by atoms with Crippen molar-refractivity contribution < 1.29 is 14.7 Å². The summed E-state index contributed by atoms with van der Waals surface area (Å²) >= 11 is 0. The van der Waals surface area contributed by atoms with E-state index in [1.54, 1.807) is 6.92 Å². The van der Waals surface area contributed by atoms with Crippen molar-refractivity contribution in [2.45, 2.75) is 51.0 Å². The fraction of sp³-hybridized carbons (Fsp3) is 0.889. The molecule has 3 saturated heterocycles. The van der Waals surface area contributed by atoms with Gasteiger partial charge in [0.25, 0.3) is 0 Å². The van der Waals surface area contributed by atoms with E-state index in [0.717, 1.165) is 13.1 Å². The fourth-order valence-corrected chi connectivity index (χ4v) is 4.40. The molecule has 136 valence electrons. The molecule has 3 fully saturated rings.